The van der Waals surface area contributed by atoms with Gasteiger partial charge in [0.25, 0.3) is 0 Å². The molecule has 0 aromatic carbocycles. The first-order chi connectivity index (χ1) is 9.67. The van der Waals surface area contributed by atoms with Crippen LogP contribution >= 0.6 is 0 Å². The molecule has 0 aliphatic heterocycles. The van der Waals surface area contributed by atoms with Crippen molar-refractivity contribution in [2.45, 2.75) is 52.1 Å². The van der Waals surface area contributed by atoms with Crippen LogP contribution in [0.15, 0.2) is 28.8 Å². The van der Waals surface area contributed by atoms with Gasteiger partial charge in [-0.05, 0) is 38.6 Å². The van der Waals surface area contributed by atoms with Gasteiger partial charge in [0.1, 0.15) is 11.5 Å². The van der Waals surface area contributed by atoms with Crippen LogP contribution in [-0.2, 0) is 12.8 Å². The van der Waals surface area contributed by atoms with Crippen LogP contribution in [0.25, 0.3) is 0 Å². The van der Waals surface area contributed by atoms with Gasteiger partial charge in [-0.3, -0.25) is 4.68 Å². The zero-order chi connectivity index (χ0) is 14.5. The second-order valence-electron chi connectivity index (χ2n) is 5.25. The Labute approximate surface area is 121 Å². The van der Waals surface area contributed by atoms with Gasteiger partial charge < -0.3 is 9.73 Å². The van der Waals surface area contributed by atoms with Gasteiger partial charge >= 0.3 is 0 Å². The number of nitrogens with one attached hydrogen (secondary N) is 1. The van der Waals surface area contributed by atoms with Crippen molar-refractivity contribution >= 4 is 0 Å². The summed E-state index contributed by atoms with van der Waals surface area (Å²) in [6.45, 7) is 6.47. The molecule has 0 radical (unpaired) electrons. The molecule has 0 saturated carbocycles. The first-order valence-corrected chi connectivity index (χ1v) is 7.47. The van der Waals surface area contributed by atoms with Gasteiger partial charge in [0.05, 0.1) is 11.7 Å². The van der Waals surface area contributed by atoms with Crippen molar-refractivity contribution < 1.29 is 4.42 Å². The lowest BCUT2D eigenvalue weighted by Gasteiger charge is -2.12. The first-order valence-electron chi connectivity index (χ1n) is 7.47. The Hall–Kier alpha value is -1.55. The molecule has 0 saturated heterocycles. The van der Waals surface area contributed by atoms with Gasteiger partial charge in [0, 0.05) is 25.1 Å². The minimum atomic E-state index is 0.176. The molecule has 2 heterocycles. The molecule has 2 aromatic heterocycles. The number of aryl methyl sites for hydroxylation is 1. The molecule has 0 aliphatic carbocycles. The lowest BCUT2D eigenvalue weighted by Crippen LogP contribution is -2.18. The topological polar surface area (TPSA) is 43.0 Å². The first kappa shape index (κ1) is 14.9. The van der Waals surface area contributed by atoms with E-state index in [2.05, 4.69) is 55.6 Å². The van der Waals surface area contributed by atoms with Crippen LogP contribution in [-0.4, -0.2) is 16.8 Å². The fourth-order valence-corrected chi connectivity index (χ4v) is 2.24. The van der Waals surface area contributed by atoms with Crippen molar-refractivity contribution in [1.29, 1.82) is 0 Å². The minimum absolute atomic E-state index is 0.176. The zero-order valence-corrected chi connectivity index (χ0v) is 12.9. The van der Waals surface area contributed by atoms with Gasteiger partial charge in [-0.15, -0.1) is 0 Å². The Morgan fingerprint density at radius 2 is 2.10 bits per heavy atom. The minimum Gasteiger partial charge on any atom is -0.464 e. The summed E-state index contributed by atoms with van der Waals surface area (Å²) in [6, 6.07) is 6.84. The molecular weight excluding hydrogens is 250 g/mol. The number of aromatic nitrogens is 2. The summed E-state index contributed by atoms with van der Waals surface area (Å²) >= 11 is 0. The molecule has 20 heavy (non-hydrogen) atoms. The highest BCUT2D eigenvalue weighted by Crippen LogP contribution is 2.21. The van der Waals surface area contributed by atoms with Crippen molar-refractivity contribution in [2.75, 3.05) is 7.05 Å². The Morgan fingerprint density at radius 3 is 2.70 bits per heavy atom. The van der Waals surface area contributed by atoms with Crippen molar-refractivity contribution in [3.05, 3.63) is 41.6 Å². The Kier molecular flexibility index (Phi) is 5.01. The van der Waals surface area contributed by atoms with E-state index in [4.69, 9.17) is 4.42 Å². The van der Waals surface area contributed by atoms with Gasteiger partial charge in [-0.25, -0.2) is 0 Å². The SMILES string of the molecule is CCc1ccc(C(Cc2ccn(C(C)CC)n2)NC)o1. The average molecular weight is 275 g/mol. The van der Waals surface area contributed by atoms with Gasteiger partial charge in [0.2, 0.25) is 0 Å². The predicted molar refractivity (Wildman–Crippen MR) is 80.8 cm³/mol. The van der Waals surface area contributed by atoms with Crippen molar-refractivity contribution in [3.8, 4) is 0 Å². The Bertz CT molecular complexity index is 529. The summed E-state index contributed by atoms with van der Waals surface area (Å²) in [4.78, 5) is 0. The van der Waals surface area contributed by atoms with Crippen LogP contribution < -0.4 is 5.32 Å². The summed E-state index contributed by atoms with van der Waals surface area (Å²) in [5, 5.41) is 7.97. The second kappa shape index (κ2) is 6.75. The molecule has 2 aromatic rings. The molecule has 0 amide bonds. The van der Waals surface area contributed by atoms with Crippen molar-refractivity contribution in [1.82, 2.24) is 15.1 Å². The van der Waals surface area contributed by atoms with E-state index in [0.717, 1.165) is 36.5 Å². The summed E-state index contributed by atoms with van der Waals surface area (Å²) in [7, 11) is 1.96. The number of rotatable bonds is 7. The van der Waals surface area contributed by atoms with E-state index in [1.165, 1.54) is 0 Å². The highest BCUT2D eigenvalue weighted by atomic mass is 16.3. The molecule has 110 valence electrons. The van der Waals surface area contributed by atoms with Crippen LogP contribution in [0.4, 0.5) is 0 Å². The third-order valence-electron chi connectivity index (χ3n) is 3.84. The molecule has 2 atom stereocenters. The maximum absolute atomic E-state index is 5.84. The normalized spacial score (nSPS) is 14.4. The number of furan rings is 1. The third-order valence-corrected chi connectivity index (χ3v) is 3.84. The molecule has 4 nitrogen and oxygen atoms in total. The largest absolute Gasteiger partial charge is 0.464 e. The van der Waals surface area contributed by atoms with Crippen LogP contribution in [0.5, 0.6) is 0 Å². The molecule has 0 spiro atoms. The summed E-state index contributed by atoms with van der Waals surface area (Å²) in [6.07, 6.45) is 4.93. The lowest BCUT2D eigenvalue weighted by molar-refractivity contribution is 0.402. The van der Waals surface area contributed by atoms with E-state index >= 15 is 0 Å². The van der Waals surface area contributed by atoms with E-state index in [1.807, 2.05) is 11.7 Å². The number of nitrogens with zero attached hydrogens (tertiary/aromatic N) is 2. The smallest absolute Gasteiger partial charge is 0.121 e. The maximum Gasteiger partial charge on any atom is 0.121 e. The highest BCUT2D eigenvalue weighted by Gasteiger charge is 2.16. The van der Waals surface area contributed by atoms with E-state index in [-0.39, 0.29) is 6.04 Å². The highest BCUT2D eigenvalue weighted by molar-refractivity contribution is 5.14. The molecule has 1 N–H and O–H groups in total. The molecule has 0 aliphatic rings. The summed E-state index contributed by atoms with van der Waals surface area (Å²) in [5.74, 6) is 2.02. The lowest BCUT2D eigenvalue weighted by atomic mass is 10.1. The van der Waals surface area contributed by atoms with E-state index in [0.29, 0.717) is 6.04 Å². The fourth-order valence-electron chi connectivity index (χ4n) is 2.24. The van der Waals surface area contributed by atoms with E-state index in [1.54, 1.807) is 0 Å². The third kappa shape index (κ3) is 3.31. The fraction of sp³-hybridized carbons (Fsp3) is 0.562. The van der Waals surface area contributed by atoms with Gasteiger partial charge in [0.15, 0.2) is 0 Å². The molecule has 0 bridgehead atoms. The summed E-state index contributed by atoms with van der Waals surface area (Å²) in [5.41, 5.74) is 1.10. The second-order valence-corrected chi connectivity index (χ2v) is 5.25. The molecule has 2 rings (SSSR count). The van der Waals surface area contributed by atoms with Crippen molar-refractivity contribution in [3.63, 3.8) is 0 Å². The molecular formula is C16H25N3O. The molecule has 2 unspecified atom stereocenters. The van der Waals surface area contributed by atoms with Crippen LogP contribution in [0, 0.1) is 0 Å². The molecule has 0 fully saturated rings. The van der Waals surface area contributed by atoms with Crippen LogP contribution in [0.3, 0.4) is 0 Å². The Morgan fingerprint density at radius 1 is 1.30 bits per heavy atom. The van der Waals surface area contributed by atoms with Crippen LogP contribution in [0.1, 0.15) is 56.5 Å². The van der Waals surface area contributed by atoms with E-state index in [9.17, 15) is 0 Å². The number of likely N-dealkylation sites (N-methyl/N-ethyl adjacent to an activating group) is 1. The summed E-state index contributed by atoms with van der Waals surface area (Å²) < 4.78 is 7.88. The Balaban J connectivity index is 2.08. The monoisotopic (exact) mass is 275 g/mol. The number of hydrogen-bond donors (Lipinski definition) is 1. The zero-order valence-electron chi connectivity index (χ0n) is 12.9. The quantitative estimate of drug-likeness (QED) is 0.841. The van der Waals surface area contributed by atoms with Crippen LogP contribution in [0.2, 0.25) is 0 Å². The van der Waals surface area contributed by atoms with Gasteiger partial charge in [-0.1, -0.05) is 13.8 Å². The average Bonchev–Trinajstić information content (AvgIpc) is 3.12. The maximum atomic E-state index is 5.84. The standard InChI is InChI=1S/C16H25N3O/c1-5-12(3)19-10-9-13(18-19)11-15(17-4)16-8-7-14(6-2)20-16/h7-10,12,15,17H,5-6,11H2,1-4H3. The molecule has 4 heteroatoms. The van der Waals surface area contributed by atoms with Crippen molar-refractivity contribution in [2.24, 2.45) is 0 Å². The number of hydrogen-bond acceptors (Lipinski definition) is 3. The predicted octanol–water partition coefficient (Wildman–Crippen LogP) is 3.51. The van der Waals surface area contributed by atoms with E-state index < -0.39 is 0 Å². The van der Waals surface area contributed by atoms with Gasteiger partial charge in [-0.2, -0.15) is 5.10 Å².